The van der Waals surface area contributed by atoms with Gasteiger partial charge in [0.05, 0.1) is 29.6 Å². The maximum atomic E-state index is 11.1. The van der Waals surface area contributed by atoms with Gasteiger partial charge in [0.25, 0.3) is 0 Å². The Labute approximate surface area is 107 Å². The van der Waals surface area contributed by atoms with Crippen molar-refractivity contribution in [2.24, 2.45) is 0 Å². The predicted octanol–water partition coefficient (Wildman–Crippen LogP) is 1.05. The van der Waals surface area contributed by atoms with Crippen molar-refractivity contribution in [2.75, 3.05) is 6.54 Å². The Bertz CT molecular complexity index is 564. The number of thiazole rings is 1. The lowest BCUT2D eigenvalue weighted by Gasteiger charge is -2.27. The molecule has 0 spiro atoms. The summed E-state index contributed by atoms with van der Waals surface area (Å²) in [5, 5.41) is 15.2. The van der Waals surface area contributed by atoms with Crippen molar-refractivity contribution in [1.29, 1.82) is 0 Å². The minimum absolute atomic E-state index is 0.304. The molecule has 2 aromatic heterocycles. The van der Waals surface area contributed by atoms with E-state index in [1.54, 1.807) is 16.0 Å². The van der Waals surface area contributed by atoms with E-state index in [0.29, 0.717) is 12.1 Å². The SMILES string of the molecule is O=C(O)c1cnn2c1CN(Cc1cscn1)CC2. The van der Waals surface area contributed by atoms with Gasteiger partial charge in [-0.05, 0) is 0 Å². The molecule has 0 unspecified atom stereocenters. The highest BCUT2D eigenvalue weighted by Crippen LogP contribution is 2.18. The minimum atomic E-state index is -0.910. The molecule has 0 saturated carbocycles. The summed E-state index contributed by atoms with van der Waals surface area (Å²) in [7, 11) is 0. The average Bonchev–Trinajstić information content (AvgIpc) is 2.97. The highest BCUT2D eigenvalue weighted by Gasteiger charge is 2.23. The van der Waals surface area contributed by atoms with Gasteiger partial charge in [-0.3, -0.25) is 9.58 Å². The molecular weight excluding hydrogens is 252 g/mol. The smallest absolute Gasteiger partial charge is 0.339 e. The van der Waals surface area contributed by atoms with Gasteiger partial charge in [-0.25, -0.2) is 9.78 Å². The first-order valence-corrected chi connectivity index (χ1v) is 6.55. The van der Waals surface area contributed by atoms with Crippen LogP contribution in [0.15, 0.2) is 17.1 Å². The molecule has 1 aliphatic rings. The van der Waals surface area contributed by atoms with E-state index >= 15 is 0 Å². The number of carboxylic acid groups (broad SMARTS) is 1. The van der Waals surface area contributed by atoms with E-state index < -0.39 is 5.97 Å². The molecule has 0 amide bonds. The summed E-state index contributed by atoms with van der Waals surface area (Å²) in [4.78, 5) is 17.5. The number of aromatic nitrogens is 3. The lowest BCUT2D eigenvalue weighted by molar-refractivity contribution is 0.0692. The van der Waals surface area contributed by atoms with Crippen LogP contribution in [0, 0.1) is 0 Å². The fourth-order valence-corrected chi connectivity index (χ4v) is 2.71. The molecule has 2 aromatic rings. The number of fused-ring (bicyclic) bond motifs is 1. The Morgan fingerprint density at radius 2 is 2.39 bits per heavy atom. The van der Waals surface area contributed by atoms with Gasteiger partial charge >= 0.3 is 5.97 Å². The lowest BCUT2D eigenvalue weighted by Crippen LogP contribution is -2.34. The molecule has 1 N–H and O–H groups in total. The van der Waals surface area contributed by atoms with Crippen LogP contribution in [0.1, 0.15) is 21.7 Å². The van der Waals surface area contributed by atoms with Crippen molar-refractivity contribution in [3.05, 3.63) is 34.0 Å². The highest BCUT2D eigenvalue weighted by atomic mass is 32.1. The van der Waals surface area contributed by atoms with Crippen molar-refractivity contribution in [3.63, 3.8) is 0 Å². The molecule has 0 aliphatic carbocycles. The van der Waals surface area contributed by atoms with E-state index in [4.69, 9.17) is 5.11 Å². The summed E-state index contributed by atoms with van der Waals surface area (Å²) in [6.45, 7) is 2.96. The summed E-state index contributed by atoms with van der Waals surface area (Å²) >= 11 is 1.57. The third-order valence-electron chi connectivity index (χ3n) is 3.05. The van der Waals surface area contributed by atoms with Crippen molar-refractivity contribution in [3.8, 4) is 0 Å². The van der Waals surface area contributed by atoms with Crippen LogP contribution in [0.3, 0.4) is 0 Å². The normalized spacial score (nSPS) is 15.6. The van der Waals surface area contributed by atoms with Crippen LogP contribution in [0.4, 0.5) is 0 Å². The van der Waals surface area contributed by atoms with E-state index in [2.05, 4.69) is 15.0 Å². The first-order valence-electron chi connectivity index (χ1n) is 5.61. The van der Waals surface area contributed by atoms with E-state index in [1.807, 2.05) is 10.9 Å². The topological polar surface area (TPSA) is 71.2 Å². The molecule has 3 heterocycles. The van der Waals surface area contributed by atoms with Crippen LogP contribution in [0.25, 0.3) is 0 Å². The maximum Gasteiger partial charge on any atom is 0.339 e. The Kier molecular flexibility index (Phi) is 2.85. The van der Waals surface area contributed by atoms with Crippen LogP contribution in [0.5, 0.6) is 0 Å². The standard InChI is InChI=1S/C11H12N4O2S/c16-11(17)9-3-13-15-2-1-14(5-10(9)15)4-8-6-18-7-12-8/h3,6-7H,1-2,4-5H2,(H,16,17). The molecule has 0 fully saturated rings. The van der Waals surface area contributed by atoms with Crippen molar-refractivity contribution in [2.45, 2.75) is 19.6 Å². The van der Waals surface area contributed by atoms with Crippen LogP contribution >= 0.6 is 11.3 Å². The van der Waals surface area contributed by atoms with E-state index in [-0.39, 0.29) is 0 Å². The fourth-order valence-electron chi connectivity index (χ4n) is 2.16. The zero-order chi connectivity index (χ0) is 12.5. The number of carbonyl (C=O) groups is 1. The second-order valence-corrected chi connectivity index (χ2v) is 4.94. The molecule has 94 valence electrons. The average molecular weight is 264 g/mol. The molecule has 3 rings (SSSR count). The molecule has 0 atom stereocenters. The van der Waals surface area contributed by atoms with E-state index in [1.165, 1.54) is 6.20 Å². The summed E-state index contributed by atoms with van der Waals surface area (Å²) in [6, 6.07) is 0. The van der Waals surface area contributed by atoms with Gasteiger partial charge in [0, 0.05) is 25.0 Å². The first-order chi connectivity index (χ1) is 8.74. The van der Waals surface area contributed by atoms with Gasteiger partial charge in [0.15, 0.2) is 0 Å². The van der Waals surface area contributed by atoms with Crippen LogP contribution in [0.2, 0.25) is 0 Å². The molecule has 6 nitrogen and oxygen atoms in total. The molecule has 7 heteroatoms. The van der Waals surface area contributed by atoms with Crippen molar-refractivity contribution in [1.82, 2.24) is 19.7 Å². The zero-order valence-electron chi connectivity index (χ0n) is 9.61. The van der Waals surface area contributed by atoms with Crippen molar-refractivity contribution >= 4 is 17.3 Å². The van der Waals surface area contributed by atoms with Gasteiger partial charge in [0.1, 0.15) is 5.56 Å². The van der Waals surface area contributed by atoms with Gasteiger partial charge in [0.2, 0.25) is 0 Å². The van der Waals surface area contributed by atoms with Crippen LogP contribution in [-0.4, -0.2) is 37.3 Å². The van der Waals surface area contributed by atoms with E-state index in [9.17, 15) is 4.79 Å². The summed E-state index contributed by atoms with van der Waals surface area (Å²) in [5.41, 5.74) is 3.93. The molecule has 0 bridgehead atoms. The summed E-state index contributed by atoms with van der Waals surface area (Å²) < 4.78 is 1.78. The van der Waals surface area contributed by atoms with Gasteiger partial charge < -0.3 is 5.11 Å². The number of rotatable bonds is 3. The molecular formula is C11H12N4O2S. The van der Waals surface area contributed by atoms with Crippen molar-refractivity contribution < 1.29 is 9.90 Å². The van der Waals surface area contributed by atoms with E-state index in [0.717, 1.165) is 31.0 Å². The highest BCUT2D eigenvalue weighted by molar-refractivity contribution is 7.07. The molecule has 0 radical (unpaired) electrons. The third-order valence-corrected chi connectivity index (χ3v) is 3.68. The second kappa shape index (κ2) is 4.51. The number of hydrogen-bond donors (Lipinski definition) is 1. The second-order valence-electron chi connectivity index (χ2n) is 4.22. The Hall–Kier alpha value is -1.73. The predicted molar refractivity (Wildman–Crippen MR) is 65.4 cm³/mol. The van der Waals surface area contributed by atoms with Crippen LogP contribution < -0.4 is 0 Å². The largest absolute Gasteiger partial charge is 0.478 e. The Balaban J connectivity index is 1.79. The minimum Gasteiger partial charge on any atom is -0.478 e. The quantitative estimate of drug-likeness (QED) is 0.897. The lowest BCUT2D eigenvalue weighted by atomic mass is 10.2. The first kappa shape index (κ1) is 11.4. The number of nitrogens with zero attached hydrogens (tertiary/aromatic N) is 4. The van der Waals surface area contributed by atoms with Gasteiger partial charge in [-0.2, -0.15) is 5.10 Å². The molecule has 18 heavy (non-hydrogen) atoms. The monoisotopic (exact) mass is 264 g/mol. The molecule has 1 aliphatic heterocycles. The maximum absolute atomic E-state index is 11.1. The Morgan fingerprint density at radius 3 is 3.11 bits per heavy atom. The summed E-state index contributed by atoms with van der Waals surface area (Å²) in [6.07, 6.45) is 1.43. The Morgan fingerprint density at radius 1 is 1.50 bits per heavy atom. The van der Waals surface area contributed by atoms with Gasteiger partial charge in [-0.1, -0.05) is 0 Å². The third kappa shape index (κ3) is 2.02. The number of carboxylic acids is 1. The fraction of sp³-hybridized carbons (Fsp3) is 0.364. The molecule has 0 saturated heterocycles. The molecule has 0 aromatic carbocycles. The van der Waals surface area contributed by atoms with Crippen LogP contribution in [-0.2, 0) is 19.6 Å². The zero-order valence-corrected chi connectivity index (χ0v) is 10.4. The summed E-state index contributed by atoms with van der Waals surface area (Å²) in [5.74, 6) is -0.910. The number of aromatic carboxylic acids is 1. The van der Waals surface area contributed by atoms with Gasteiger partial charge in [-0.15, -0.1) is 11.3 Å². The number of hydrogen-bond acceptors (Lipinski definition) is 5.